The van der Waals surface area contributed by atoms with Crippen LogP contribution in [0.4, 0.5) is 0 Å². The molecule has 78 valence electrons. The molecule has 0 aliphatic rings. The molecule has 0 saturated carbocycles. The van der Waals surface area contributed by atoms with Gasteiger partial charge in [-0.1, -0.05) is 15.9 Å². The first-order valence-electron chi connectivity index (χ1n) is 4.31. The fourth-order valence-electron chi connectivity index (χ4n) is 1.22. The molecule has 0 aliphatic carbocycles. The summed E-state index contributed by atoms with van der Waals surface area (Å²) in [4.78, 5) is 4.07. The van der Waals surface area contributed by atoms with E-state index in [0.29, 0.717) is 12.4 Å². The van der Waals surface area contributed by atoms with Crippen LogP contribution < -0.4 is 5.73 Å². The second-order valence-electron chi connectivity index (χ2n) is 2.95. The van der Waals surface area contributed by atoms with Crippen molar-refractivity contribution >= 4 is 38.5 Å². The van der Waals surface area contributed by atoms with Crippen molar-refractivity contribution in [3.8, 4) is 11.3 Å². The summed E-state index contributed by atoms with van der Waals surface area (Å²) in [6, 6.07) is 6.01. The molecule has 0 aliphatic heterocycles. The number of oxazole rings is 1. The van der Waals surface area contributed by atoms with Crippen LogP contribution in [0, 0.1) is 3.57 Å². The molecule has 15 heavy (non-hydrogen) atoms. The zero-order valence-corrected chi connectivity index (χ0v) is 11.4. The predicted molar refractivity (Wildman–Crippen MR) is 70.2 cm³/mol. The minimum absolute atomic E-state index is 0.324. The molecule has 2 N–H and O–H groups in total. The van der Waals surface area contributed by atoms with E-state index < -0.39 is 0 Å². The van der Waals surface area contributed by atoms with Crippen LogP contribution in [0.2, 0.25) is 0 Å². The first-order chi connectivity index (χ1) is 7.20. The van der Waals surface area contributed by atoms with Gasteiger partial charge >= 0.3 is 0 Å². The van der Waals surface area contributed by atoms with Crippen LogP contribution in [0.1, 0.15) is 5.89 Å². The molecule has 0 radical (unpaired) electrons. The van der Waals surface area contributed by atoms with Crippen molar-refractivity contribution in [2.75, 3.05) is 0 Å². The van der Waals surface area contributed by atoms with Gasteiger partial charge in [-0.15, -0.1) is 0 Å². The predicted octanol–water partition coefficient (Wildman–Crippen LogP) is 3.17. The molecule has 5 heteroatoms. The van der Waals surface area contributed by atoms with E-state index in [4.69, 9.17) is 10.2 Å². The number of benzene rings is 1. The SMILES string of the molecule is NCc1ncc(-c2cc(Br)ccc2I)o1. The molecular formula is C10H8BrIN2O. The zero-order valence-electron chi connectivity index (χ0n) is 7.71. The lowest BCUT2D eigenvalue weighted by molar-refractivity contribution is 0.509. The summed E-state index contributed by atoms with van der Waals surface area (Å²) in [5.41, 5.74) is 6.47. The summed E-state index contributed by atoms with van der Waals surface area (Å²) in [6.45, 7) is 0.324. The molecule has 0 amide bonds. The summed E-state index contributed by atoms with van der Waals surface area (Å²) >= 11 is 5.69. The molecule has 1 heterocycles. The van der Waals surface area contributed by atoms with E-state index in [0.717, 1.165) is 19.4 Å². The number of aromatic nitrogens is 1. The molecule has 0 fully saturated rings. The molecule has 0 bridgehead atoms. The van der Waals surface area contributed by atoms with Gasteiger partial charge in [0.2, 0.25) is 5.89 Å². The van der Waals surface area contributed by atoms with Gasteiger partial charge in [-0.25, -0.2) is 4.98 Å². The second-order valence-corrected chi connectivity index (χ2v) is 5.02. The quantitative estimate of drug-likeness (QED) is 0.816. The Balaban J connectivity index is 2.48. The Morgan fingerprint density at radius 3 is 2.93 bits per heavy atom. The molecule has 0 unspecified atom stereocenters. The third kappa shape index (κ3) is 2.40. The Morgan fingerprint density at radius 1 is 1.47 bits per heavy atom. The van der Waals surface area contributed by atoms with Crippen molar-refractivity contribution in [1.29, 1.82) is 0 Å². The molecule has 1 aromatic carbocycles. The van der Waals surface area contributed by atoms with Crippen molar-refractivity contribution in [1.82, 2.24) is 4.98 Å². The van der Waals surface area contributed by atoms with Crippen LogP contribution in [0.15, 0.2) is 33.3 Å². The minimum Gasteiger partial charge on any atom is -0.439 e. The molecule has 0 saturated heterocycles. The van der Waals surface area contributed by atoms with Crippen LogP contribution in [-0.4, -0.2) is 4.98 Å². The topological polar surface area (TPSA) is 52.0 Å². The van der Waals surface area contributed by atoms with E-state index >= 15 is 0 Å². The van der Waals surface area contributed by atoms with Crippen molar-refractivity contribution in [3.05, 3.63) is 38.3 Å². The van der Waals surface area contributed by atoms with Crippen molar-refractivity contribution in [2.24, 2.45) is 5.73 Å². The van der Waals surface area contributed by atoms with Crippen LogP contribution in [0.5, 0.6) is 0 Å². The lowest BCUT2D eigenvalue weighted by atomic mass is 10.2. The van der Waals surface area contributed by atoms with Gasteiger partial charge in [0.05, 0.1) is 12.7 Å². The summed E-state index contributed by atoms with van der Waals surface area (Å²) in [5, 5.41) is 0. The van der Waals surface area contributed by atoms with Crippen molar-refractivity contribution < 1.29 is 4.42 Å². The first kappa shape index (κ1) is 11.1. The van der Waals surface area contributed by atoms with E-state index in [-0.39, 0.29) is 0 Å². The van der Waals surface area contributed by atoms with Crippen molar-refractivity contribution in [2.45, 2.75) is 6.54 Å². The average molecular weight is 379 g/mol. The fraction of sp³-hybridized carbons (Fsp3) is 0.100. The summed E-state index contributed by atoms with van der Waals surface area (Å²) in [5.74, 6) is 1.31. The van der Waals surface area contributed by atoms with Crippen LogP contribution in [-0.2, 0) is 6.54 Å². The van der Waals surface area contributed by atoms with Gasteiger partial charge in [-0.3, -0.25) is 0 Å². The van der Waals surface area contributed by atoms with Gasteiger partial charge in [-0.05, 0) is 40.8 Å². The maximum atomic E-state index is 5.49. The lowest BCUT2D eigenvalue weighted by Crippen LogP contribution is -1.94. The highest BCUT2D eigenvalue weighted by atomic mass is 127. The maximum absolute atomic E-state index is 5.49. The molecule has 0 spiro atoms. The number of nitrogens with zero attached hydrogens (tertiary/aromatic N) is 1. The maximum Gasteiger partial charge on any atom is 0.208 e. The molecule has 3 nitrogen and oxygen atoms in total. The van der Waals surface area contributed by atoms with Crippen LogP contribution >= 0.6 is 38.5 Å². The molecule has 1 aromatic heterocycles. The highest BCUT2D eigenvalue weighted by Crippen LogP contribution is 2.28. The molecular weight excluding hydrogens is 371 g/mol. The number of halogens is 2. The van der Waals surface area contributed by atoms with Gasteiger partial charge in [0.1, 0.15) is 0 Å². The smallest absolute Gasteiger partial charge is 0.208 e. The first-order valence-corrected chi connectivity index (χ1v) is 6.18. The van der Waals surface area contributed by atoms with Gasteiger partial charge in [0, 0.05) is 13.6 Å². The van der Waals surface area contributed by atoms with E-state index in [1.807, 2.05) is 18.2 Å². The minimum atomic E-state index is 0.324. The third-order valence-corrected chi connectivity index (χ3v) is 3.36. The third-order valence-electron chi connectivity index (χ3n) is 1.92. The Labute approximate surface area is 109 Å². The fourth-order valence-corrected chi connectivity index (χ4v) is 2.18. The molecule has 2 aromatic rings. The van der Waals surface area contributed by atoms with E-state index in [9.17, 15) is 0 Å². The molecule has 2 rings (SSSR count). The standard InChI is InChI=1S/C10H8BrIN2O/c11-6-1-2-8(12)7(3-6)9-5-14-10(4-13)15-9/h1-3,5H,4,13H2. The van der Waals surface area contributed by atoms with Gasteiger partial charge < -0.3 is 10.2 Å². The van der Waals surface area contributed by atoms with Crippen molar-refractivity contribution in [3.63, 3.8) is 0 Å². The second kappa shape index (κ2) is 4.63. The van der Waals surface area contributed by atoms with E-state index in [1.54, 1.807) is 6.20 Å². The average Bonchev–Trinajstić information content (AvgIpc) is 2.70. The Morgan fingerprint density at radius 2 is 2.27 bits per heavy atom. The Bertz CT molecular complexity index is 484. The van der Waals surface area contributed by atoms with E-state index in [2.05, 4.69) is 43.5 Å². The lowest BCUT2D eigenvalue weighted by Gasteiger charge is -2.00. The number of nitrogens with two attached hydrogens (primary N) is 1. The number of rotatable bonds is 2. The normalized spacial score (nSPS) is 10.6. The van der Waals surface area contributed by atoms with Gasteiger partial charge in [0.15, 0.2) is 5.76 Å². The van der Waals surface area contributed by atoms with E-state index in [1.165, 1.54) is 0 Å². The highest BCUT2D eigenvalue weighted by molar-refractivity contribution is 14.1. The molecule has 0 atom stereocenters. The number of hydrogen-bond donors (Lipinski definition) is 1. The summed E-state index contributed by atoms with van der Waals surface area (Å²) in [6.07, 6.45) is 1.70. The van der Waals surface area contributed by atoms with Crippen LogP contribution in [0.25, 0.3) is 11.3 Å². The Kier molecular flexibility index (Phi) is 3.42. The largest absolute Gasteiger partial charge is 0.439 e. The zero-order chi connectivity index (χ0) is 10.8. The van der Waals surface area contributed by atoms with Gasteiger partial charge in [0.25, 0.3) is 0 Å². The van der Waals surface area contributed by atoms with Gasteiger partial charge in [-0.2, -0.15) is 0 Å². The number of hydrogen-bond acceptors (Lipinski definition) is 3. The highest BCUT2D eigenvalue weighted by Gasteiger charge is 2.09. The summed E-state index contributed by atoms with van der Waals surface area (Å²) < 4.78 is 7.63. The summed E-state index contributed by atoms with van der Waals surface area (Å²) in [7, 11) is 0. The Hall–Kier alpha value is -0.400. The monoisotopic (exact) mass is 378 g/mol. The van der Waals surface area contributed by atoms with Crippen LogP contribution in [0.3, 0.4) is 0 Å².